The number of piperidine rings is 1. The van der Waals surface area contributed by atoms with Crippen molar-refractivity contribution in [1.82, 2.24) is 4.90 Å². The zero-order valence-corrected chi connectivity index (χ0v) is 22.6. The van der Waals surface area contributed by atoms with Crippen molar-refractivity contribution in [3.63, 3.8) is 0 Å². The number of hydrogen-bond acceptors (Lipinski definition) is 5. The van der Waals surface area contributed by atoms with Crippen LogP contribution in [0.4, 0.5) is 20.1 Å². The highest BCUT2D eigenvalue weighted by molar-refractivity contribution is 5.91. The SMILES string of the molecule is Cc1cc(C2CC(N3CCc4ccccc4NC3=O)CC[N@@+]2(C(=O)[O-])C(=O)O)cc(C)c1OCc1ccccc1. The number of quaternary nitrogens is 1. The van der Waals surface area contributed by atoms with Crippen LogP contribution in [0.25, 0.3) is 0 Å². The molecule has 0 bridgehead atoms. The first-order valence-electron chi connectivity index (χ1n) is 13.5. The minimum Gasteiger partial charge on any atom is -0.498 e. The molecule has 2 N–H and O–H groups in total. The Bertz CT molecular complexity index is 1400. The van der Waals surface area contributed by atoms with E-state index < -0.39 is 22.7 Å². The summed E-state index contributed by atoms with van der Waals surface area (Å²) in [6.45, 7) is 4.35. The van der Waals surface area contributed by atoms with Crippen LogP contribution in [0.5, 0.6) is 5.75 Å². The Hall–Kier alpha value is -4.37. The second kappa shape index (κ2) is 11.0. The first kappa shape index (κ1) is 27.2. The normalized spacial score (nSPS) is 22.6. The Morgan fingerprint density at radius 2 is 1.75 bits per heavy atom. The van der Waals surface area contributed by atoms with E-state index >= 15 is 0 Å². The number of hydrogen-bond donors (Lipinski definition) is 2. The number of nitrogens with one attached hydrogen (secondary N) is 1. The Kier molecular flexibility index (Phi) is 7.49. The molecule has 40 heavy (non-hydrogen) atoms. The lowest BCUT2D eigenvalue weighted by atomic mass is 9.87. The number of rotatable bonds is 5. The molecule has 9 heteroatoms. The number of anilines is 1. The quantitative estimate of drug-likeness (QED) is 0.437. The van der Waals surface area contributed by atoms with Crippen molar-refractivity contribution in [3.8, 4) is 5.75 Å². The second-order valence-corrected chi connectivity index (χ2v) is 10.6. The molecule has 3 atom stereocenters. The van der Waals surface area contributed by atoms with Crippen molar-refractivity contribution in [1.29, 1.82) is 0 Å². The maximum Gasteiger partial charge on any atom is 0.520 e. The van der Waals surface area contributed by atoms with E-state index in [0.29, 0.717) is 30.9 Å². The lowest BCUT2D eigenvalue weighted by Crippen LogP contribution is -2.67. The highest BCUT2D eigenvalue weighted by Crippen LogP contribution is 2.42. The van der Waals surface area contributed by atoms with E-state index in [4.69, 9.17) is 4.74 Å². The van der Waals surface area contributed by atoms with Gasteiger partial charge in [0.15, 0.2) is 0 Å². The predicted molar refractivity (Wildman–Crippen MR) is 147 cm³/mol. The molecule has 5 rings (SSSR count). The number of carbonyl (C=O) groups excluding carboxylic acids is 2. The average molecular weight is 544 g/mol. The minimum absolute atomic E-state index is 0.160. The van der Waals surface area contributed by atoms with Crippen LogP contribution in [-0.2, 0) is 13.0 Å². The molecule has 0 aromatic heterocycles. The van der Waals surface area contributed by atoms with Crippen LogP contribution in [0, 0.1) is 13.8 Å². The molecule has 0 spiro atoms. The number of carboxylic acid groups (broad SMARTS) is 2. The number of para-hydroxylation sites is 1. The number of carbonyl (C=O) groups is 3. The number of nitrogens with zero attached hydrogens (tertiary/aromatic N) is 2. The molecule has 3 aromatic carbocycles. The van der Waals surface area contributed by atoms with Crippen LogP contribution < -0.4 is 15.2 Å². The van der Waals surface area contributed by atoms with Gasteiger partial charge in [-0.1, -0.05) is 48.5 Å². The number of amides is 4. The van der Waals surface area contributed by atoms with Gasteiger partial charge in [-0.05, 0) is 60.7 Å². The zero-order chi connectivity index (χ0) is 28.4. The molecular formula is C31H33N3O6. The Labute approximate surface area is 233 Å². The highest BCUT2D eigenvalue weighted by atomic mass is 16.5. The van der Waals surface area contributed by atoms with Crippen molar-refractivity contribution >= 4 is 23.9 Å². The summed E-state index contributed by atoms with van der Waals surface area (Å²) in [5.41, 5.74) is 4.91. The Morgan fingerprint density at radius 3 is 2.42 bits per heavy atom. The molecule has 0 radical (unpaired) electrons. The molecule has 2 aliphatic rings. The first-order valence-corrected chi connectivity index (χ1v) is 13.5. The fourth-order valence-corrected chi connectivity index (χ4v) is 6.13. The third kappa shape index (κ3) is 5.00. The number of fused-ring (bicyclic) bond motifs is 1. The van der Waals surface area contributed by atoms with Gasteiger partial charge in [0.25, 0.3) is 6.09 Å². The van der Waals surface area contributed by atoms with Crippen LogP contribution in [0.1, 0.15) is 46.7 Å². The van der Waals surface area contributed by atoms with Crippen LogP contribution in [0.3, 0.4) is 0 Å². The summed E-state index contributed by atoms with van der Waals surface area (Å²) >= 11 is 0. The topological polar surface area (TPSA) is 119 Å². The standard InChI is InChI=1S/C31H33N3O6/c1-20-16-24(17-21(2)28(20)40-19-22-8-4-3-5-9-22)27-18-25(13-15-34(27,30(36)37)31(38)39)33-14-12-23-10-6-7-11-26(23)32-29(33)35/h3-11,16-17,25,27H,12-15,18-19H2,1-2H3,(H2-,32,35,36,37,38,39). The summed E-state index contributed by atoms with van der Waals surface area (Å²) in [6.07, 6.45) is -2.12. The molecule has 208 valence electrons. The van der Waals surface area contributed by atoms with Crippen molar-refractivity contribution in [2.75, 3.05) is 18.4 Å². The molecule has 2 aliphatic heterocycles. The number of aryl methyl sites for hydroxylation is 2. The number of ether oxygens (including phenoxy) is 1. The van der Waals surface area contributed by atoms with Gasteiger partial charge < -0.3 is 30.0 Å². The second-order valence-electron chi connectivity index (χ2n) is 10.6. The van der Waals surface area contributed by atoms with E-state index in [1.54, 1.807) is 17.0 Å². The number of benzene rings is 3. The number of likely N-dealkylation sites (tertiary alicyclic amines) is 1. The fourth-order valence-electron chi connectivity index (χ4n) is 6.13. The van der Waals surface area contributed by atoms with Gasteiger partial charge in [0.2, 0.25) is 0 Å². The van der Waals surface area contributed by atoms with E-state index in [2.05, 4.69) is 5.32 Å². The lowest BCUT2D eigenvalue weighted by Gasteiger charge is -2.46. The Morgan fingerprint density at radius 1 is 1.07 bits per heavy atom. The van der Waals surface area contributed by atoms with Gasteiger partial charge in [0.05, 0.1) is 6.54 Å². The molecule has 1 fully saturated rings. The van der Waals surface area contributed by atoms with E-state index in [-0.39, 0.29) is 31.5 Å². The van der Waals surface area contributed by atoms with E-state index in [9.17, 15) is 24.6 Å². The largest absolute Gasteiger partial charge is 0.520 e. The monoisotopic (exact) mass is 543 g/mol. The van der Waals surface area contributed by atoms with Gasteiger partial charge in [-0.2, -0.15) is 9.28 Å². The minimum atomic E-state index is -1.66. The molecule has 0 saturated carbocycles. The summed E-state index contributed by atoms with van der Waals surface area (Å²) in [4.78, 5) is 40.0. The number of urea groups is 1. The van der Waals surface area contributed by atoms with Crippen molar-refractivity contribution in [2.24, 2.45) is 0 Å². The van der Waals surface area contributed by atoms with E-state index in [0.717, 1.165) is 27.9 Å². The van der Waals surface area contributed by atoms with Crippen molar-refractivity contribution in [2.45, 2.75) is 51.8 Å². The van der Waals surface area contributed by atoms with E-state index in [1.165, 1.54) is 0 Å². The van der Waals surface area contributed by atoms with E-state index in [1.807, 2.05) is 68.4 Å². The first-order chi connectivity index (χ1) is 19.2. The third-order valence-corrected chi connectivity index (χ3v) is 8.19. The maximum absolute atomic E-state index is 13.2. The predicted octanol–water partition coefficient (Wildman–Crippen LogP) is 5.01. The van der Waals surface area contributed by atoms with Gasteiger partial charge in [0, 0.05) is 36.7 Å². The summed E-state index contributed by atoms with van der Waals surface area (Å²) in [6, 6.07) is 19.4. The lowest BCUT2D eigenvalue weighted by molar-refractivity contribution is -0.844. The highest BCUT2D eigenvalue weighted by Gasteiger charge is 2.53. The van der Waals surface area contributed by atoms with Gasteiger partial charge in [-0.3, -0.25) is 0 Å². The summed E-state index contributed by atoms with van der Waals surface area (Å²) in [7, 11) is 0. The van der Waals surface area contributed by atoms with Crippen LogP contribution in [0.15, 0.2) is 66.7 Å². The molecule has 0 aliphatic carbocycles. The summed E-state index contributed by atoms with van der Waals surface area (Å²) in [5.74, 6) is 0.673. The average Bonchev–Trinajstić information content (AvgIpc) is 3.10. The molecule has 9 nitrogen and oxygen atoms in total. The van der Waals surface area contributed by atoms with Crippen LogP contribution >= 0.6 is 0 Å². The molecule has 3 aromatic rings. The smallest absolute Gasteiger partial charge is 0.498 e. The zero-order valence-electron chi connectivity index (χ0n) is 22.6. The molecular weight excluding hydrogens is 510 g/mol. The van der Waals surface area contributed by atoms with Crippen LogP contribution in [-0.4, -0.2) is 51.8 Å². The van der Waals surface area contributed by atoms with Crippen molar-refractivity contribution < 1.29 is 33.8 Å². The van der Waals surface area contributed by atoms with Crippen LogP contribution in [0.2, 0.25) is 0 Å². The molecule has 4 amide bonds. The molecule has 1 saturated heterocycles. The number of imide groups is 1. The molecule has 2 heterocycles. The van der Waals surface area contributed by atoms with Gasteiger partial charge >= 0.3 is 12.1 Å². The van der Waals surface area contributed by atoms with Gasteiger partial charge in [0.1, 0.15) is 18.4 Å². The van der Waals surface area contributed by atoms with Gasteiger partial charge in [-0.15, -0.1) is 0 Å². The molecule has 2 unspecified atom stereocenters. The Balaban J connectivity index is 1.46. The fraction of sp³-hybridized carbons (Fsp3) is 0.323. The van der Waals surface area contributed by atoms with Crippen molar-refractivity contribution in [3.05, 3.63) is 94.5 Å². The maximum atomic E-state index is 13.2. The van der Waals surface area contributed by atoms with Gasteiger partial charge in [-0.25, -0.2) is 4.79 Å². The summed E-state index contributed by atoms with van der Waals surface area (Å²) < 4.78 is 4.87. The summed E-state index contributed by atoms with van der Waals surface area (Å²) in [5, 5.41) is 25.7. The third-order valence-electron chi connectivity index (χ3n) is 8.19.